The van der Waals surface area contributed by atoms with Gasteiger partial charge in [0.1, 0.15) is 0 Å². The molecule has 0 heterocycles. The van der Waals surface area contributed by atoms with E-state index in [2.05, 4.69) is 0 Å². The Bertz CT molecular complexity index is 436. The fourth-order valence-corrected chi connectivity index (χ4v) is 2.87. The number of hydrogen-bond donors (Lipinski definition) is 2. The van der Waals surface area contributed by atoms with Crippen molar-refractivity contribution in [3.8, 4) is 11.5 Å². The van der Waals surface area contributed by atoms with Crippen molar-refractivity contribution in [3.05, 3.63) is 22.2 Å². The summed E-state index contributed by atoms with van der Waals surface area (Å²) in [5, 5.41) is 10.9. The molecule has 3 nitrogen and oxygen atoms in total. The zero-order valence-corrected chi connectivity index (χ0v) is 11.0. The smallest absolute Gasteiger partial charge is 0.162 e. The Hall–Kier alpha value is -0.930. The van der Waals surface area contributed by atoms with Gasteiger partial charge in [0.25, 0.3) is 0 Å². The standard InChI is InChI=1S/C13H18ClNO2/c1-8-9(14)6-10(17-2)12(16)11(8)13(7-15)4-3-5-13/h6,16H,3-5,7,15H2,1-2H3. The van der Waals surface area contributed by atoms with E-state index in [1.54, 1.807) is 6.07 Å². The van der Waals surface area contributed by atoms with Gasteiger partial charge in [-0.25, -0.2) is 0 Å². The van der Waals surface area contributed by atoms with Crippen molar-refractivity contribution in [3.63, 3.8) is 0 Å². The highest BCUT2D eigenvalue weighted by Crippen LogP contribution is 2.51. The van der Waals surface area contributed by atoms with Crippen LogP contribution in [0.1, 0.15) is 30.4 Å². The minimum Gasteiger partial charge on any atom is -0.504 e. The molecular weight excluding hydrogens is 238 g/mol. The SMILES string of the molecule is COc1cc(Cl)c(C)c(C2(CN)CCC2)c1O. The third-order valence-corrected chi connectivity index (χ3v) is 4.31. The lowest BCUT2D eigenvalue weighted by molar-refractivity contribution is 0.241. The van der Waals surface area contributed by atoms with Crippen LogP contribution in [0.5, 0.6) is 11.5 Å². The molecule has 1 aliphatic rings. The first-order chi connectivity index (χ1) is 8.05. The van der Waals surface area contributed by atoms with Gasteiger partial charge >= 0.3 is 0 Å². The Morgan fingerprint density at radius 2 is 2.18 bits per heavy atom. The van der Waals surface area contributed by atoms with Crippen LogP contribution in [-0.4, -0.2) is 18.8 Å². The summed E-state index contributed by atoms with van der Waals surface area (Å²) < 4.78 is 5.15. The highest BCUT2D eigenvalue weighted by molar-refractivity contribution is 6.31. The number of phenols is 1. The molecule has 2 rings (SSSR count). The summed E-state index contributed by atoms with van der Waals surface area (Å²) in [5.41, 5.74) is 7.55. The second-order valence-corrected chi connectivity index (χ2v) is 5.15. The Morgan fingerprint density at radius 3 is 2.59 bits per heavy atom. The molecule has 1 aromatic carbocycles. The Kier molecular flexibility index (Phi) is 3.23. The average molecular weight is 256 g/mol. The van der Waals surface area contributed by atoms with Crippen molar-refractivity contribution in [2.45, 2.75) is 31.6 Å². The third-order valence-electron chi connectivity index (χ3n) is 3.91. The molecule has 0 saturated heterocycles. The van der Waals surface area contributed by atoms with Gasteiger partial charge in [-0.05, 0) is 25.3 Å². The van der Waals surface area contributed by atoms with Crippen molar-refractivity contribution < 1.29 is 9.84 Å². The first kappa shape index (κ1) is 12.5. The van der Waals surface area contributed by atoms with Crippen LogP contribution in [0, 0.1) is 6.92 Å². The van der Waals surface area contributed by atoms with Crippen LogP contribution in [0.2, 0.25) is 5.02 Å². The van der Waals surface area contributed by atoms with Crippen molar-refractivity contribution in [2.24, 2.45) is 5.73 Å². The average Bonchev–Trinajstić information content (AvgIpc) is 2.27. The zero-order chi connectivity index (χ0) is 12.6. The molecule has 0 amide bonds. The summed E-state index contributed by atoms with van der Waals surface area (Å²) >= 11 is 6.18. The van der Waals surface area contributed by atoms with Crippen molar-refractivity contribution >= 4 is 11.6 Å². The molecule has 3 N–H and O–H groups in total. The normalized spacial score (nSPS) is 17.6. The topological polar surface area (TPSA) is 55.5 Å². The number of aromatic hydroxyl groups is 1. The molecule has 17 heavy (non-hydrogen) atoms. The molecular formula is C13H18ClNO2. The van der Waals surface area contributed by atoms with Gasteiger partial charge in [-0.3, -0.25) is 0 Å². The van der Waals surface area contributed by atoms with Crippen molar-refractivity contribution in [1.82, 2.24) is 0 Å². The largest absolute Gasteiger partial charge is 0.504 e. The minimum atomic E-state index is -0.119. The molecule has 4 heteroatoms. The van der Waals surface area contributed by atoms with E-state index in [9.17, 15) is 5.11 Å². The molecule has 0 aromatic heterocycles. The maximum absolute atomic E-state index is 10.3. The van der Waals surface area contributed by atoms with E-state index >= 15 is 0 Å². The second-order valence-electron chi connectivity index (χ2n) is 4.75. The van der Waals surface area contributed by atoms with Gasteiger partial charge < -0.3 is 15.6 Å². The van der Waals surface area contributed by atoms with Crippen LogP contribution in [0.25, 0.3) is 0 Å². The van der Waals surface area contributed by atoms with E-state index < -0.39 is 0 Å². The van der Waals surface area contributed by atoms with Gasteiger partial charge in [-0.1, -0.05) is 18.0 Å². The second kappa shape index (κ2) is 4.39. The molecule has 0 aliphatic heterocycles. The Balaban J connectivity index is 2.63. The summed E-state index contributed by atoms with van der Waals surface area (Å²) in [5.74, 6) is 0.620. The fraction of sp³-hybridized carbons (Fsp3) is 0.538. The summed E-state index contributed by atoms with van der Waals surface area (Å²) in [6.07, 6.45) is 3.15. The maximum Gasteiger partial charge on any atom is 0.162 e. The Labute approximate surface area is 107 Å². The van der Waals surface area contributed by atoms with E-state index in [1.807, 2.05) is 6.92 Å². The lowest BCUT2D eigenvalue weighted by Crippen LogP contribution is -2.42. The number of rotatable bonds is 3. The summed E-state index contributed by atoms with van der Waals surface area (Å²) in [7, 11) is 1.53. The first-order valence-electron chi connectivity index (χ1n) is 5.82. The molecule has 1 fully saturated rings. The first-order valence-corrected chi connectivity index (χ1v) is 6.20. The highest BCUT2D eigenvalue weighted by Gasteiger charge is 2.41. The number of hydrogen-bond acceptors (Lipinski definition) is 3. The van der Waals surface area contributed by atoms with Crippen LogP contribution in [0.3, 0.4) is 0 Å². The predicted octanol–water partition coefficient (Wildman–Crippen LogP) is 2.74. The molecule has 0 bridgehead atoms. The molecule has 1 aliphatic carbocycles. The summed E-state index contributed by atoms with van der Waals surface area (Å²) in [6, 6.07) is 1.65. The van der Waals surface area contributed by atoms with Crippen LogP contribution in [-0.2, 0) is 5.41 Å². The highest BCUT2D eigenvalue weighted by atomic mass is 35.5. The number of ether oxygens (including phenoxy) is 1. The maximum atomic E-state index is 10.3. The van der Waals surface area contributed by atoms with Gasteiger partial charge in [0.15, 0.2) is 11.5 Å². The van der Waals surface area contributed by atoms with Gasteiger partial charge in [-0.2, -0.15) is 0 Å². The molecule has 0 atom stereocenters. The fourth-order valence-electron chi connectivity index (χ4n) is 2.68. The number of phenolic OH excluding ortho intramolecular Hbond substituents is 1. The van der Waals surface area contributed by atoms with E-state index in [4.69, 9.17) is 22.1 Å². The van der Waals surface area contributed by atoms with Crippen LogP contribution in [0.15, 0.2) is 6.07 Å². The van der Waals surface area contributed by atoms with Crippen LogP contribution in [0.4, 0.5) is 0 Å². The molecule has 0 spiro atoms. The monoisotopic (exact) mass is 255 g/mol. The van der Waals surface area contributed by atoms with E-state index in [0.717, 1.165) is 30.4 Å². The summed E-state index contributed by atoms with van der Waals surface area (Å²) in [4.78, 5) is 0. The van der Waals surface area contributed by atoms with Crippen LogP contribution < -0.4 is 10.5 Å². The molecule has 1 aromatic rings. The molecule has 0 unspecified atom stereocenters. The van der Waals surface area contributed by atoms with Crippen molar-refractivity contribution in [2.75, 3.05) is 13.7 Å². The third kappa shape index (κ3) is 1.78. The van der Waals surface area contributed by atoms with Gasteiger partial charge in [-0.15, -0.1) is 0 Å². The number of benzene rings is 1. The number of methoxy groups -OCH3 is 1. The molecule has 1 saturated carbocycles. The van der Waals surface area contributed by atoms with E-state index in [0.29, 0.717) is 17.3 Å². The van der Waals surface area contributed by atoms with Gasteiger partial charge in [0.05, 0.1) is 7.11 Å². The lowest BCUT2D eigenvalue weighted by atomic mass is 9.63. The quantitative estimate of drug-likeness (QED) is 0.873. The summed E-state index contributed by atoms with van der Waals surface area (Å²) in [6.45, 7) is 2.46. The Morgan fingerprint density at radius 1 is 1.53 bits per heavy atom. The van der Waals surface area contributed by atoms with Crippen LogP contribution >= 0.6 is 11.6 Å². The molecule has 0 radical (unpaired) electrons. The van der Waals surface area contributed by atoms with E-state index in [1.165, 1.54) is 7.11 Å². The lowest BCUT2D eigenvalue weighted by Gasteiger charge is -2.43. The zero-order valence-electron chi connectivity index (χ0n) is 10.2. The predicted molar refractivity (Wildman–Crippen MR) is 69.0 cm³/mol. The number of halogens is 1. The number of nitrogens with two attached hydrogens (primary N) is 1. The van der Waals surface area contributed by atoms with Gasteiger partial charge in [0, 0.05) is 28.6 Å². The van der Waals surface area contributed by atoms with E-state index in [-0.39, 0.29) is 11.2 Å². The molecule has 94 valence electrons. The minimum absolute atomic E-state index is 0.119. The van der Waals surface area contributed by atoms with Crippen molar-refractivity contribution in [1.29, 1.82) is 0 Å². The van der Waals surface area contributed by atoms with Gasteiger partial charge in [0.2, 0.25) is 0 Å².